The molecular weight excluding hydrogens is 415 g/mol. The van der Waals surface area contributed by atoms with Crippen molar-refractivity contribution in [2.24, 2.45) is 0 Å². The van der Waals surface area contributed by atoms with Crippen LogP contribution >= 0.6 is 23.2 Å². The normalized spacial score (nSPS) is 11.5. The number of rotatable bonds is 9. The third-order valence-corrected chi connectivity index (χ3v) is 5.15. The molecule has 0 saturated heterocycles. The lowest BCUT2D eigenvalue weighted by molar-refractivity contribution is -0.142. The molecule has 0 unspecified atom stereocenters. The summed E-state index contributed by atoms with van der Waals surface area (Å²) < 4.78 is 10.9. The van der Waals surface area contributed by atoms with Gasteiger partial charge in [0.2, 0.25) is 5.91 Å². The molecule has 0 bridgehead atoms. The van der Waals surface area contributed by atoms with Crippen LogP contribution in [0, 0.1) is 0 Å². The Labute approximate surface area is 180 Å². The fraction of sp³-hybridized carbons (Fsp3) is 0.333. The Kier molecular flexibility index (Phi) is 8.61. The second-order valence-corrected chi connectivity index (χ2v) is 7.01. The lowest BCUT2D eigenvalue weighted by Crippen LogP contribution is -2.49. The molecule has 0 radical (unpaired) electrons. The van der Waals surface area contributed by atoms with Gasteiger partial charge >= 0.3 is 0 Å². The molecule has 0 saturated carbocycles. The molecule has 0 aliphatic heterocycles. The summed E-state index contributed by atoms with van der Waals surface area (Å²) in [6.45, 7) is 1.64. The van der Waals surface area contributed by atoms with Crippen molar-refractivity contribution in [3.05, 3.63) is 58.1 Å². The van der Waals surface area contributed by atoms with Gasteiger partial charge in [0.1, 0.15) is 6.04 Å². The standard InChI is InChI=1S/C21H24Cl2N2O4/c1-4-17(21(27)24-2)25(12-14-15(22)8-7-9-16(14)23)20(26)13-29-19-11-6-5-10-18(19)28-3/h5-11,17H,4,12-13H2,1-3H3,(H,24,27)/t17-/m0/s1. The van der Waals surface area contributed by atoms with Gasteiger partial charge in [-0.15, -0.1) is 0 Å². The summed E-state index contributed by atoms with van der Waals surface area (Å²) in [4.78, 5) is 26.9. The Morgan fingerprint density at radius 2 is 1.69 bits per heavy atom. The van der Waals surface area contributed by atoms with E-state index in [0.717, 1.165) is 0 Å². The first-order chi connectivity index (χ1) is 13.9. The summed E-state index contributed by atoms with van der Waals surface area (Å²) in [7, 11) is 3.05. The minimum Gasteiger partial charge on any atom is -0.493 e. The molecule has 2 rings (SSSR count). The van der Waals surface area contributed by atoms with Crippen LogP contribution in [-0.2, 0) is 16.1 Å². The Bertz CT molecular complexity index is 840. The monoisotopic (exact) mass is 438 g/mol. The van der Waals surface area contributed by atoms with Crippen molar-refractivity contribution in [3.63, 3.8) is 0 Å². The molecule has 0 aromatic heterocycles. The molecule has 0 spiro atoms. The Morgan fingerprint density at radius 1 is 1.07 bits per heavy atom. The van der Waals surface area contributed by atoms with Crippen LogP contribution in [0.3, 0.4) is 0 Å². The number of carbonyl (C=O) groups excluding carboxylic acids is 2. The van der Waals surface area contributed by atoms with Gasteiger partial charge in [0.25, 0.3) is 5.91 Å². The summed E-state index contributed by atoms with van der Waals surface area (Å²) in [6.07, 6.45) is 0.419. The van der Waals surface area contributed by atoms with Crippen LogP contribution in [0.25, 0.3) is 0 Å². The molecule has 0 aliphatic rings. The molecule has 2 aromatic rings. The van der Waals surface area contributed by atoms with E-state index in [1.807, 2.05) is 6.92 Å². The third kappa shape index (κ3) is 5.78. The molecule has 6 nitrogen and oxygen atoms in total. The van der Waals surface area contributed by atoms with Crippen molar-refractivity contribution in [3.8, 4) is 11.5 Å². The zero-order valence-electron chi connectivity index (χ0n) is 16.6. The van der Waals surface area contributed by atoms with E-state index in [1.54, 1.807) is 42.5 Å². The molecule has 2 amide bonds. The van der Waals surface area contributed by atoms with Crippen molar-refractivity contribution in [2.45, 2.75) is 25.9 Å². The van der Waals surface area contributed by atoms with E-state index in [9.17, 15) is 9.59 Å². The van der Waals surface area contributed by atoms with Crippen LogP contribution < -0.4 is 14.8 Å². The summed E-state index contributed by atoms with van der Waals surface area (Å²) in [5.41, 5.74) is 0.573. The number of amides is 2. The van der Waals surface area contributed by atoms with E-state index in [1.165, 1.54) is 19.1 Å². The van der Waals surface area contributed by atoms with E-state index >= 15 is 0 Å². The molecule has 1 atom stereocenters. The predicted molar refractivity (Wildman–Crippen MR) is 114 cm³/mol. The third-order valence-electron chi connectivity index (χ3n) is 4.44. The van der Waals surface area contributed by atoms with E-state index in [-0.39, 0.29) is 25.0 Å². The van der Waals surface area contributed by atoms with Gasteiger partial charge in [-0.3, -0.25) is 9.59 Å². The van der Waals surface area contributed by atoms with Crippen molar-refractivity contribution < 1.29 is 19.1 Å². The molecular formula is C21H24Cl2N2O4. The SMILES string of the molecule is CC[C@@H](C(=O)NC)N(Cc1c(Cl)cccc1Cl)C(=O)COc1ccccc1OC. The fourth-order valence-corrected chi connectivity index (χ4v) is 3.42. The first-order valence-electron chi connectivity index (χ1n) is 9.12. The van der Waals surface area contributed by atoms with Gasteiger partial charge in [0.15, 0.2) is 18.1 Å². The maximum Gasteiger partial charge on any atom is 0.261 e. The second-order valence-electron chi connectivity index (χ2n) is 6.20. The van der Waals surface area contributed by atoms with Gasteiger partial charge < -0.3 is 19.7 Å². The van der Waals surface area contributed by atoms with Crippen molar-refractivity contribution in [1.82, 2.24) is 10.2 Å². The van der Waals surface area contributed by atoms with Crippen LogP contribution in [0.1, 0.15) is 18.9 Å². The Morgan fingerprint density at radius 3 is 2.24 bits per heavy atom. The molecule has 0 fully saturated rings. The summed E-state index contributed by atoms with van der Waals surface area (Å²) >= 11 is 12.6. The molecule has 156 valence electrons. The lowest BCUT2D eigenvalue weighted by atomic mass is 10.1. The maximum atomic E-state index is 13.1. The first-order valence-corrected chi connectivity index (χ1v) is 9.88. The van der Waals surface area contributed by atoms with E-state index in [2.05, 4.69) is 5.32 Å². The molecule has 8 heteroatoms. The van der Waals surface area contributed by atoms with Gasteiger partial charge in [-0.25, -0.2) is 0 Å². The topological polar surface area (TPSA) is 67.9 Å². The highest BCUT2D eigenvalue weighted by Gasteiger charge is 2.29. The molecule has 0 aliphatic carbocycles. The second kappa shape index (κ2) is 10.9. The van der Waals surface area contributed by atoms with Crippen molar-refractivity contribution >= 4 is 35.0 Å². The van der Waals surface area contributed by atoms with Gasteiger partial charge in [0.05, 0.1) is 7.11 Å². The van der Waals surface area contributed by atoms with Gasteiger partial charge in [0, 0.05) is 29.2 Å². The smallest absolute Gasteiger partial charge is 0.261 e. The highest BCUT2D eigenvalue weighted by Crippen LogP contribution is 2.28. The summed E-state index contributed by atoms with van der Waals surface area (Å²) in [6, 6.07) is 11.4. The average Bonchev–Trinajstić information content (AvgIpc) is 2.73. The number of methoxy groups -OCH3 is 1. The van der Waals surface area contributed by atoms with Gasteiger partial charge in [-0.2, -0.15) is 0 Å². The summed E-state index contributed by atoms with van der Waals surface area (Å²) in [5.74, 6) is 0.301. The zero-order valence-corrected chi connectivity index (χ0v) is 18.1. The quantitative estimate of drug-likeness (QED) is 0.643. The molecule has 0 heterocycles. The molecule has 29 heavy (non-hydrogen) atoms. The number of para-hydroxylation sites is 2. The van der Waals surface area contributed by atoms with E-state index < -0.39 is 6.04 Å². The maximum absolute atomic E-state index is 13.1. The van der Waals surface area contributed by atoms with Crippen LogP contribution in [0.2, 0.25) is 10.0 Å². The van der Waals surface area contributed by atoms with Crippen LogP contribution in [0.15, 0.2) is 42.5 Å². The predicted octanol–water partition coefficient (Wildman–Crippen LogP) is 3.93. The van der Waals surface area contributed by atoms with E-state index in [0.29, 0.717) is 33.5 Å². The number of nitrogens with zero attached hydrogens (tertiary/aromatic N) is 1. The number of halogens is 2. The van der Waals surface area contributed by atoms with E-state index in [4.69, 9.17) is 32.7 Å². The average molecular weight is 439 g/mol. The van der Waals surface area contributed by atoms with Crippen molar-refractivity contribution in [1.29, 1.82) is 0 Å². The number of likely N-dealkylation sites (N-methyl/N-ethyl adjacent to an activating group) is 1. The zero-order chi connectivity index (χ0) is 21.4. The number of hydrogen-bond acceptors (Lipinski definition) is 4. The van der Waals surface area contributed by atoms with Crippen LogP contribution in [-0.4, -0.2) is 43.5 Å². The first kappa shape index (κ1) is 22.8. The number of hydrogen-bond donors (Lipinski definition) is 1. The van der Waals surface area contributed by atoms with Crippen LogP contribution in [0.4, 0.5) is 0 Å². The van der Waals surface area contributed by atoms with Gasteiger partial charge in [-0.1, -0.05) is 48.3 Å². The Hall–Kier alpha value is -2.44. The van der Waals surface area contributed by atoms with Crippen molar-refractivity contribution in [2.75, 3.05) is 20.8 Å². The number of benzene rings is 2. The molecule has 2 aromatic carbocycles. The summed E-state index contributed by atoms with van der Waals surface area (Å²) in [5, 5.41) is 3.45. The lowest BCUT2D eigenvalue weighted by Gasteiger charge is -2.30. The highest BCUT2D eigenvalue weighted by atomic mass is 35.5. The van der Waals surface area contributed by atoms with Crippen LogP contribution in [0.5, 0.6) is 11.5 Å². The number of carbonyl (C=O) groups is 2. The Balaban J connectivity index is 2.28. The highest BCUT2D eigenvalue weighted by molar-refractivity contribution is 6.36. The molecule has 1 N–H and O–H groups in total. The minimum absolute atomic E-state index is 0.0819. The number of ether oxygens (including phenoxy) is 2. The number of nitrogens with one attached hydrogen (secondary N) is 1. The largest absolute Gasteiger partial charge is 0.493 e. The fourth-order valence-electron chi connectivity index (χ4n) is 2.90. The van der Waals surface area contributed by atoms with Gasteiger partial charge in [-0.05, 0) is 30.7 Å². The minimum atomic E-state index is -0.693.